The van der Waals surface area contributed by atoms with E-state index in [4.69, 9.17) is 12.6 Å². The Morgan fingerprint density at radius 2 is 1.87 bits per heavy atom. The van der Waals surface area contributed by atoms with E-state index >= 15 is 0 Å². The Bertz CT molecular complexity index is 201. The van der Waals surface area contributed by atoms with Gasteiger partial charge in [-0.15, -0.1) is 0 Å². The van der Waals surface area contributed by atoms with Crippen molar-refractivity contribution < 1.29 is 7.38 Å². The Morgan fingerprint density at radius 3 is 2.20 bits per heavy atom. The summed E-state index contributed by atoms with van der Waals surface area (Å²) < 4.78 is 13.0. The Kier molecular flexibility index (Phi) is 8.96. The van der Waals surface area contributed by atoms with Crippen molar-refractivity contribution in [3.63, 3.8) is 0 Å². The van der Waals surface area contributed by atoms with Gasteiger partial charge in [-0.2, -0.15) is 5.26 Å². The SMILES string of the molecule is CC(C)N(C(C)C)P(OI)OCCC#N. The first-order chi connectivity index (χ1) is 7.04. The minimum atomic E-state index is -1.04. The zero-order valence-corrected chi connectivity index (χ0v) is 12.7. The number of nitrogens with zero attached hydrogens (tertiary/aromatic N) is 2. The Labute approximate surface area is 108 Å². The Hall–Kier alpha value is 0.530. The van der Waals surface area contributed by atoms with Crippen LogP contribution < -0.4 is 0 Å². The molecule has 6 heteroatoms. The van der Waals surface area contributed by atoms with Crippen LogP contribution in [0.5, 0.6) is 0 Å². The molecule has 0 fully saturated rings. The van der Waals surface area contributed by atoms with E-state index in [-0.39, 0.29) is 0 Å². The van der Waals surface area contributed by atoms with Gasteiger partial charge in [0.1, 0.15) is 23.0 Å². The molecule has 0 aromatic rings. The molecule has 0 N–H and O–H groups in total. The largest absolute Gasteiger partial charge is 0.320 e. The molecule has 0 aromatic carbocycles. The first-order valence-corrected chi connectivity index (χ1v) is 6.92. The second kappa shape index (κ2) is 8.66. The fourth-order valence-corrected chi connectivity index (χ4v) is 3.46. The van der Waals surface area contributed by atoms with Crippen molar-refractivity contribution in [2.45, 2.75) is 46.2 Å². The van der Waals surface area contributed by atoms with Crippen LogP contribution in [0.1, 0.15) is 34.1 Å². The van der Waals surface area contributed by atoms with Crippen LogP contribution in [0.4, 0.5) is 0 Å². The van der Waals surface area contributed by atoms with E-state index in [1.807, 2.05) is 23.0 Å². The lowest BCUT2D eigenvalue weighted by Gasteiger charge is -2.33. The van der Waals surface area contributed by atoms with E-state index in [0.29, 0.717) is 25.1 Å². The molecule has 15 heavy (non-hydrogen) atoms. The van der Waals surface area contributed by atoms with Crippen LogP contribution in [-0.2, 0) is 7.38 Å². The van der Waals surface area contributed by atoms with Crippen LogP contribution in [0.25, 0.3) is 0 Å². The van der Waals surface area contributed by atoms with Crippen LogP contribution in [0.15, 0.2) is 0 Å². The molecule has 4 nitrogen and oxygen atoms in total. The van der Waals surface area contributed by atoms with Gasteiger partial charge in [0, 0.05) is 12.1 Å². The molecule has 1 unspecified atom stereocenters. The summed E-state index contributed by atoms with van der Waals surface area (Å²) in [5.41, 5.74) is 0. The maximum absolute atomic E-state index is 8.43. The summed E-state index contributed by atoms with van der Waals surface area (Å²) in [6, 6.07) is 2.79. The number of rotatable bonds is 7. The lowest BCUT2D eigenvalue weighted by Crippen LogP contribution is -2.33. The zero-order chi connectivity index (χ0) is 11.8. The zero-order valence-electron chi connectivity index (χ0n) is 9.61. The highest BCUT2D eigenvalue weighted by Gasteiger charge is 2.26. The topological polar surface area (TPSA) is 45.5 Å². The van der Waals surface area contributed by atoms with Crippen molar-refractivity contribution in [2.24, 2.45) is 0 Å². The molecule has 0 saturated heterocycles. The molecule has 0 aliphatic carbocycles. The molecule has 0 aliphatic heterocycles. The molecule has 0 bridgehead atoms. The summed E-state index contributed by atoms with van der Waals surface area (Å²) >= 11 is 1.86. The molecule has 88 valence electrons. The Morgan fingerprint density at radius 1 is 1.33 bits per heavy atom. The van der Waals surface area contributed by atoms with Gasteiger partial charge in [-0.05, 0) is 27.7 Å². The maximum Gasteiger partial charge on any atom is 0.269 e. The summed E-state index contributed by atoms with van der Waals surface area (Å²) in [6.07, 6.45) is 0.406. The first kappa shape index (κ1) is 15.5. The fraction of sp³-hybridized carbons (Fsp3) is 0.889. The second-order valence-corrected chi connectivity index (χ2v) is 6.13. The van der Waals surface area contributed by atoms with Crippen LogP contribution >= 0.6 is 31.5 Å². The fourth-order valence-electron chi connectivity index (χ4n) is 1.27. The van der Waals surface area contributed by atoms with E-state index in [9.17, 15) is 0 Å². The lowest BCUT2D eigenvalue weighted by molar-refractivity contribution is 0.230. The smallest absolute Gasteiger partial charge is 0.269 e. The number of hydrogen-bond acceptors (Lipinski definition) is 4. The summed E-state index contributed by atoms with van der Waals surface area (Å²) in [7, 11) is -1.04. The predicted molar refractivity (Wildman–Crippen MR) is 70.3 cm³/mol. The minimum Gasteiger partial charge on any atom is -0.320 e. The predicted octanol–water partition coefficient (Wildman–Crippen LogP) is 3.63. The lowest BCUT2D eigenvalue weighted by atomic mass is 10.3. The van der Waals surface area contributed by atoms with Gasteiger partial charge in [0.25, 0.3) is 8.53 Å². The summed E-state index contributed by atoms with van der Waals surface area (Å²) in [5.74, 6) is 0. The third-order valence-electron chi connectivity index (χ3n) is 1.72. The molecule has 0 rings (SSSR count). The van der Waals surface area contributed by atoms with Crippen LogP contribution in [-0.4, -0.2) is 23.4 Å². The molecule has 0 saturated carbocycles. The van der Waals surface area contributed by atoms with Crippen LogP contribution in [0.3, 0.4) is 0 Å². The summed E-state index contributed by atoms with van der Waals surface area (Å²) in [4.78, 5) is 0. The molecule has 0 aliphatic rings. The van der Waals surface area contributed by atoms with Crippen molar-refractivity contribution in [1.29, 1.82) is 5.26 Å². The van der Waals surface area contributed by atoms with E-state index in [1.54, 1.807) is 0 Å². The molecule has 0 amide bonds. The Balaban J connectivity index is 4.27. The van der Waals surface area contributed by atoms with Crippen molar-refractivity contribution in [2.75, 3.05) is 6.61 Å². The highest BCUT2D eigenvalue weighted by atomic mass is 127. The molecule has 0 heterocycles. The molecular formula is C9H18IN2O2P. The number of halogens is 1. The third kappa shape index (κ3) is 5.98. The average Bonchev–Trinajstić information content (AvgIpc) is 2.15. The number of hydrogen-bond donors (Lipinski definition) is 0. The molecule has 0 radical (unpaired) electrons. The standard InChI is InChI=1S/C9H18IN2O2P/c1-8(2)12(9(3)4)15(14-10)13-7-5-6-11/h8-9H,5,7H2,1-4H3. The maximum atomic E-state index is 8.43. The number of nitriles is 1. The van der Waals surface area contributed by atoms with Crippen molar-refractivity contribution >= 4 is 31.5 Å². The monoisotopic (exact) mass is 344 g/mol. The van der Waals surface area contributed by atoms with E-state index < -0.39 is 8.53 Å². The minimum absolute atomic E-state index is 0.368. The van der Waals surface area contributed by atoms with Gasteiger partial charge in [-0.3, -0.25) is 2.85 Å². The second-order valence-electron chi connectivity index (χ2n) is 3.62. The quantitative estimate of drug-likeness (QED) is 0.402. The molecule has 1 atom stereocenters. The van der Waals surface area contributed by atoms with E-state index in [1.165, 1.54) is 0 Å². The van der Waals surface area contributed by atoms with Crippen molar-refractivity contribution in [3.05, 3.63) is 0 Å². The normalized spacial score (nSPS) is 13.5. The van der Waals surface area contributed by atoms with Crippen LogP contribution in [0.2, 0.25) is 0 Å². The molecular weight excluding hydrogens is 326 g/mol. The van der Waals surface area contributed by atoms with Crippen LogP contribution in [0, 0.1) is 11.3 Å². The molecule has 0 aromatic heterocycles. The van der Waals surface area contributed by atoms with Gasteiger partial charge in [0.05, 0.1) is 19.1 Å². The van der Waals surface area contributed by atoms with Gasteiger partial charge in [0.15, 0.2) is 0 Å². The highest BCUT2D eigenvalue weighted by molar-refractivity contribution is 14.1. The summed E-state index contributed by atoms with van der Waals surface area (Å²) in [6.45, 7) is 8.87. The average molecular weight is 344 g/mol. The van der Waals surface area contributed by atoms with E-state index in [0.717, 1.165) is 0 Å². The summed E-state index contributed by atoms with van der Waals surface area (Å²) in [5, 5.41) is 8.43. The third-order valence-corrected chi connectivity index (χ3v) is 4.55. The van der Waals surface area contributed by atoms with Gasteiger partial charge in [-0.25, -0.2) is 4.67 Å². The van der Waals surface area contributed by atoms with Gasteiger partial charge in [0.2, 0.25) is 0 Å². The van der Waals surface area contributed by atoms with Gasteiger partial charge >= 0.3 is 0 Å². The van der Waals surface area contributed by atoms with Crippen molar-refractivity contribution in [1.82, 2.24) is 4.67 Å². The van der Waals surface area contributed by atoms with E-state index in [2.05, 4.69) is 38.4 Å². The molecule has 0 spiro atoms. The van der Waals surface area contributed by atoms with Crippen molar-refractivity contribution in [3.8, 4) is 6.07 Å². The first-order valence-electron chi connectivity index (χ1n) is 4.91. The van der Waals surface area contributed by atoms with Gasteiger partial charge in [-0.1, -0.05) is 0 Å². The van der Waals surface area contributed by atoms with Gasteiger partial charge < -0.3 is 4.52 Å². The highest BCUT2D eigenvalue weighted by Crippen LogP contribution is 2.47.